The Hall–Kier alpha value is 0.690. The van der Waals surface area contributed by atoms with E-state index in [1.807, 2.05) is 0 Å². The number of nitrogens with one attached hydrogen (secondary N) is 1. The molecule has 0 amide bonds. The van der Waals surface area contributed by atoms with Crippen molar-refractivity contribution in [1.82, 2.24) is 5.32 Å². The summed E-state index contributed by atoms with van der Waals surface area (Å²) < 4.78 is 0.853. The van der Waals surface area contributed by atoms with Gasteiger partial charge in [-0.05, 0) is 24.8 Å². The second kappa shape index (κ2) is 3.90. The van der Waals surface area contributed by atoms with Crippen molar-refractivity contribution in [2.75, 3.05) is 13.1 Å². The number of hydrogen-bond donors (Lipinski definition) is 1. The maximum Gasteiger partial charge on any atom is 0.0266 e. The van der Waals surface area contributed by atoms with Crippen LogP contribution in [0.4, 0.5) is 0 Å². The highest BCUT2D eigenvalue weighted by atomic mass is 127. The molecule has 1 N–H and O–H groups in total. The minimum atomic E-state index is 0.853. The van der Waals surface area contributed by atoms with E-state index in [1.165, 1.54) is 19.5 Å². The van der Waals surface area contributed by atoms with Crippen molar-refractivity contribution < 1.29 is 0 Å². The molecule has 0 saturated carbocycles. The second-order valence-corrected chi connectivity index (χ2v) is 5.02. The summed E-state index contributed by atoms with van der Waals surface area (Å²) in [6, 6.07) is 0. The van der Waals surface area contributed by atoms with Crippen LogP contribution in [0.25, 0.3) is 0 Å². The third-order valence-electron chi connectivity index (χ3n) is 2.31. The Morgan fingerprint density at radius 1 is 1.50 bits per heavy atom. The molecule has 60 valence electrons. The molecule has 0 aliphatic carbocycles. The van der Waals surface area contributed by atoms with Gasteiger partial charge in [-0.3, -0.25) is 0 Å². The maximum absolute atomic E-state index is 3.41. The molecule has 1 nitrogen and oxygen atoms in total. The Balaban J connectivity index is 2.40. The summed E-state index contributed by atoms with van der Waals surface area (Å²) in [5, 5.41) is 3.41. The van der Waals surface area contributed by atoms with E-state index in [0.29, 0.717) is 0 Å². The highest BCUT2D eigenvalue weighted by molar-refractivity contribution is 14.1. The second-order valence-electron chi connectivity index (χ2n) is 3.42. The van der Waals surface area contributed by atoms with Crippen molar-refractivity contribution in [3.63, 3.8) is 0 Å². The summed E-state index contributed by atoms with van der Waals surface area (Å²) in [7, 11) is 0. The van der Waals surface area contributed by atoms with Crippen LogP contribution >= 0.6 is 22.6 Å². The van der Waals surface area contributed by atoms with E-state index in [4.69, 9.17) is 0 Å². The number of halogens is 1. The van der Waals surface area contributed by atoms with E-state index < -0.39 is 0 Å². The lowest BCUT2D eigenvalue weighted by Crippen LogP contribution is -2.39. The van der Waals surface area contributed by atoms with Crippen molar-refractivity contribution in [3.05, 3.63) is 0 Å². The van der Waals surface area contributed by atoms with Gasteiger partial charge in [0.2, 0.25) is 0 Å². The van der Waals surface area contributed by atoms with E-state index in [-0.39, 0.29) is 0 Å². The lowest BCUT2D eigenvalue weighted by molar-refractivity contribution is 0.310. The van der Waals surface area contributed by atoms with Crippen LogP contribution in [0.2, 0.25) is 0 Å². The Bertz CT molecular complexity index is 103. The summed E-state index contributed by atoms with van der Waals surface area (Å²) in [4.78, 5) is 0. The van der Waals surface area contributed by atoms with Gasteiger partial charge in [0.1, 0.15) is 0 Å². The first-order valence-electron chi connectivity index (χ1n) is 4.06. The first-order valence-corrected chi connectivity index (χ1v) is 5.31. The molecular formula is C8H16IN. The highest BCUT2D eigenvalue weighted by Gasteiger charge is 2.24. The SMILES string of the molecule is CC(C)C1CCNCC1I. The number of rotatable bonds is 1. The molecular weight excluding hydrogens is 237 g/mol. The van der Waals surface area contributed by atoms with Crippen LogP contribution in [-0.2, 0) is 0 Å². The summed E-state index contributed by atoms with van der Waals surface area (Å²) in [5.74, 6) is 1.81. The molecule has 0 spiro atoms. The van der Waals surface area contributed by atoms with Crippen molar-refractivity contribution in [2.45, 2.75) is 24.2 Å². The van der Waals surface area contributed by atoms with E-state index in [0.717, 1.165) is 15.8 Å². The van der Waals surface area contributed by atoms with Gasteiger partial charge in [-0.25, -0.2) is 0 Å². The lowest BCUT2D eigenvalue weighted by atomic mass is 9.87. The molecule has 2 heteroatoms. The number of piperidine rings is 1. The zero-order valence-corrected chi connectivity index (χ0v) is 8.89. The maximum atomic E-state index is 3.41. The fourth-order valence-electron chi connectivity index (χ4n) is 1.59. The van der Waals surface area contributed by atoms with Crippen LogP contribution in [0.5, 0.6) is 0 Å². The fourth-order valence-corrected chi connectivity index (χ4v) is 3.09. The Morgan fingerprint density at radius 3 is 2.60 bits per heavy atom. The molecule has 0 bridgehead atoms. The van der Waals surface area contributed by atoms with Gasteiger partial charge in [0.05, 0.1) is 0 Å². The van der Waals surface area contributed by atoms with Crippen molar-refractivity contribution in [1.29, 1.82) is 0 Å². The van der Waals surface area contributed by atoms with Crippen LogP contribution in [0.1, 0.15) is 20.3 Å². The molecule has 1 fully saturated rings. The summed E-state index contributed by atoms with van der Waals surface area (Å²) in [5.41, 5.74) is 0. The van der Waals surface area contributed by atoms with Gasteiger partial charge in [0.15, 0.2) is 0 Å². The highest BCUT2D eigenvalue weighted by Crippen LogP contribution is 2.26. The van der Waals surface area contributed by atoms with E-state index in [1.54, 1.807) is 0 Å². The van der Waals surface area contributed by atoms with Crippen LogP contribution in [0, 0.1) is 11.8 Å². The van der Waals surface area contributed by atoms with Crippen LogP contribution in [0.15, 0.2) is 0 Å². The predicted octanol–water partition coefficient (Wildman–Crippen LogP) is 2.06. The van der Waals surface area contributed by atoms with E-state index in [2.05, 4.69) is 41.8 Å². The lowest BCUT2D eigenvalue weighted by Gasteiger charge is -2.31. The molecule has 2 atom stereocenters. The third kappa shape index (κ3) is 2.09. The Morgan fingerprint density at radius 2 is 2.20 bits per heavy atom. The molecule has 0 aromatic heterocycles. The van der Waals surface area contributed by atoms with Crippen LogP contribution < -0.4 is 5.32 Å². The van der Waals surface area contributed by atoms with Gasteiger partial charge in [0.25, 0.3) is 0 Å². The van der Waals surface area contributed by atoms with Gasteiger partial charge < -0.3 is 5.32 Å². The molecule has 1 rings (SSSR count). The molecule has 2 unspecified atom stereocenters. The first-order chi connectivity index (χ1) is 4.72. The monoisotopic (exact) mass is 253 g/mol. The molecule has 0 aromatic carbocycles. The van der Waals surface area contributed by atoms with Gasteiger partial charge in [-0.15, -0.1) is 0 Å². The number of hydrogen-bond acceptors (Lipinski definition) is 1. The molecule has 0 radical (unpaired) electrons. The smallest absolute Gasteiger partial charge is 0.0266 e. The molecule has 1 aliphatic heterocycles. The fraction of sp³-hybridized carbons (Fsp3) is 1.00. The van der Waals surface area contributed by atoms with E-state index >= 15 is 0 Å². The summed E-state index contributed by atoms with van der Waals surface area (Å²) in [6.07, 6.45) is 1.37. The van der Waals surface area contributed by atoms with Gasteiger partial charge in [-0.1, -0.05) is 36.4 Å². The molecule has 10 heavy (non-hydrogen) atoms. The van der Waals surface area contributed by atoms with Gasteiger partial charge in [-0.2, -0.15) is 0 Å². The molecule has 0 aromatic rings. The topological polar surface area (TPSA) is 12.0 Å². The van der Waals surface area contributed by atoms with Gasteiger partial charge >= 0.3 is 0 Å². The largest absolute Gasteiger partial charge is 0.316 e. The average molecular weight is 253 g/mol. The number of alkyl halides is 1. The van der Waals surface area contributed by atoms with Crippen molar-refractivity contribution in [3.8, 4) is 0 Å². The van der Waals surface area contributed by atoms with Gasteiger partial charge in [0, 0.05) is 10.5 Å². The molecule has 1 heterocycles. The standard InChI is InChI=1S/C8H16IN/c1-6(2)7-3-4-10-5-8(7)9/h6-8,10H,3-5H2,1-2H3. The average Bonchev–Trinajstić information content (AvgIpc) is 1.88. The minimum absolute atomic E-state index is 0.853. The Kier molecular flexibility index (Phi) is 3.43. The van der Waals surface area contributed by atoms with Crippen LogP contribution in [-0.4, -0.2) is 17.0 Å². The zero-order valence-electron chi connectivity index (χ0n) is 6.73. The normalized spacial score (nSPS) is 34.8. The minimum Gasteiger partial charge on any atom is -0.316 e. The molecule has 1 aliphatic rings. The quantitative estimate of drug-likeness (QED) is 0.557. The van der Waals surface area contributed by atoms with Crippen molar-refractivity contribution >= 4 is 22.6 Å². The first kappa shape index (κ1) is 8.78. The Labute approximate surface area is 77.1 Å². The third-order valence-corrected chi connectivity index (χ3v) is 3.68. The van der Waals surface area contributed by atoms with E-state index in [9.17, 15) is 0 Å². The summed E-state index contributed by atoms with van der Waals surface area (Å²) >= 11 is 2.57. The van der Waals surface area contributed by atoms with Crippen LogP contribution in [0.3, 0.4) is 0 Å². The van der Waals surface area contributed by atoms with Crippen molar-refractivity contribution in [2.24, 2.45) is 11.8 Å². The molecule has 1 saturated heterocycles. The predicted molar refractivity (Wildman–Crippen MR) is 53.6 cm³/mol. The zero-order chi connectivity index (χ0) is 7.56. The summed E-state index contributed by atoms with van der Waals surface area (Å²) in [6.45, 7) is 7.11.